The van der Waals surface area contributed by atoms with Crippen LogP contribution in [0.3, 0.4) is 0 Å². The zero-order valence-corrected chi connectivity index (χ0v) is 10.9. The lowest BCUT2D eigenvalue weighted by molar-refractivity contribution is -0.282. The lowest BCUT2D eigenvalue weighted by Crippen LogP contribution is -2.48. The van der Waals surface area contributed by atoms with Crippen molar-refractivity contribution in [3.8, 4) is 0 Å². The first kappa shape index (κ1) is 14.0. The molecule has 0 fully saturated rings. The molecule has 19 heavy (non-hydrogen) atoms. The van der Waals surface area contributed by atoms with Gasteiger partial charge in [0.2, 0.25) is 5.79 Å². The van der Waals surface area contributed by atoms with Crippen LogP contribution in [0.4, 0.5) is 4.39 Å². The SMILES string of the molecule is CC[C@]1(C)Cc2ccc(F)cc2C(O)(CC(=O)O)O1. The van der Waals surface area contributed by atoms with Crippen LogP contribution in [-0.2, 0) is 21.7 Å². The number of fused-ring (bicyclic) bond motifs is 1. The fraction of sp³-hybridized carbons (Fsp3) is 0.500. The van der Waals surface area contributed by atoms with Crippen molar-refractivity contribution in [1.82, 2.24) is 0 Å². The second-order valence-electron chi connectivity index (χ2n) is 5.24. The Kier molecular flexibility index (Phi) is 3.36. The van der Waals surface area contributed by atoms with Crippen molar-refractivity contribution in [3.05, 3.63) is 35.1 Å². The molecule has 5 heteroatoms. The zero-order chi connectivity index (χ0) is 14.3. The van der Waals surface area contributed by atoms with Gasteiger partial charge in [0.25, 0.3) is 0 Å². The fourth-order valence-electron chi connectivity index (χ4n) is 2.50. The molecular weight excluding hydrogens is 251 g/mol. The van der Waals surface area contributed by atoms with Gasteiger partial charge in [-0.05, 0) is 31.0 Å². The first-order valence-electron chi connectivity index (χ1n) is 6.21. The van der Waals surface area contributed by atoms with Crippen LogP contribution in [0, 0.1) is 5.82 Å². The number of aliphatic carboxylic acids is 1. The number of carbonyl (C=O) groups is 1. The molecule has 1 unspecified atom stereocenters. The second-order valence-corrected chi connectivity index (χ2v) is 5.24. The number of carboxylic acid groups (broad SMARTS) is 1. The van der Waals surface area contributed by atoms with Crippen molar-refractivity contribution in [3.63, 3.8) is 0 Å². The van der Waals surface area contributed by atoms with E-state index in [0.29, 0.717) is 12.8 Å². The minimum absolute atomic E-state index is 0.209. The van der Waals surface area contributed by atoms with Gasteiger partial charge in [-0.25, -0.2) is 4.39 Å². The minimum Gasteiger partial charge on any atom is -0.481 e. The van der Waals surface area contributed by atoms with Crippen molar-refractivity contribution < 1.29 is 24.1 Å². The summed E-state index contributed by atoms with van der Waals surface area (Å²) >= 11 is 0. The van der Waals surface area contributed by atoms with E-state index in [4.69, 9.17) is 9.84 Å². The zero-order valence-electron chi connectivity index (χ0n) is 10.9. The highest BCUT2D eigenvalue weighted by atomic mass is 19.1. The van der Waals surface area contributed by atoms with Crippen molar-refractivity contribution in [2.45, 2.75) is 44.5 Å². The molecule has 1 aromatic carbocycles. The van der Waals surface area contributed by atoms with Crippen LogP contribution in [0.15, 0.2) is 18.2 Å². The van der Waals surface area contributed by atoms with Gasteiger partial charge in [-0.15, -0.1) is 0 Å². The highest BCUT2D eigenvalue weighted by Gasteiger charge is 2.46. The first-order chi connectivity index (χ1) is 8.78. The van der Waals surface area contributed by atoms with Gasteiger partial charge in [-0.2, -0.15) is 0 Å². The highest BCUT2D eigenvalue weighted by Crippen LogP contribution is 2.42. The molecule has 0 bridgehead atoms. The molecule has 0 aromatic heterocycles. The van der Waals surface area contributed by atoms with Crippen LogP contribution in [0.25, 0.3) is 0 Å². The van der Waals surface area contributed by atoms with E-state index in [9.17, 15) is 14.3 Å². The quantitative estimate of drug-likeness (QED) is 0.881. The Balaban J connectivity index is 2.53. The molecule has 0 aliphatic carbocycles. The lowest BCUT2D eigenvalue weighted by atomic mass is 9.83. The predicted molar refractivity (Wildman–Crippen MR) is 66.0 cm³/mol. The fourth-order valence-corrected chi connectivity index (χ4v) is 2.50. The maximum absolute atomic E-state index is 13.3. The molecule has 0 spiro atoms. The Labute approximate surface area is 110 Å². The van der Waals surface area contributed by atoms with Gasteiger partial charge >= 0.3 is 5.97 Å². The lowest BCUT2D eigenvalue weighted by Gasteiger charge is -2.44. The monoisotopic (exact) mass is 268 g/mol. The summed E-state index contributed by atoms with van der Waals surface area (Å²) in [6.45, 7) is 3.71. The third kappa shape index (κ3) is 2.62. The molecule has 1 aliphatic heterocycles. The number of benzene rings is 1. The normalized spacial score (nSPS) is 29.9. The second kappa shape index (κ2) is 4.58. The topological polar surface area (TPSA) is 66.8 Å². The number of hydrogen-bond donors (Lipinski definition) is 2. The molecular formula is C14H17FO4. The molecule has 2 N–H and O–H groups in total. The number of aliphatic hydroxyl groups is 1. The van der Waals surface area contributed by atoms with E-state index in [1.165, 1.54) is 6.07 Å². The Morgan fingerprint density at radius 2 is 2.21 bits per heavy atom. The van der Waals surface area contributed by atoms with Crippen molar-refractivity contribution in [2.75, 3.05) is 0 Å². The molecule has 2 rings (SSSR count). The number of ether oxygens (including phenoxy) is 1. The summed E-state index contributed by atoms with van der Waals surface area (Å²) < 4.78 is 18.9. The Hall–Kier alpha value is -1.46. The van der Waals surface area contributed by atoms with E-state index in [1.807, 2.05) is 13.8 Å². The molecule has 0 radical (unpaired) electrons. The highest BCUT2D eigenvalue weighted by molar-refractivity contribution is 5.68. The average Bonchev–Trinajstić information content (AvgIpc) is 2.29. The van der Waals surface area contributed by atoms with E-state index in [-0.39, 0.29) is 5.56 Å². The minimum atomic E-state index is -1.98. The Bertz CT molecular complexity index is 516. The van der Waals surface area contributed by atoms with Gasteiger partial charge in [-0.1, -0.05) is 13.0 Å². The summed E-state index contributed by atoms with van der Waals surface area (Å²) in [5, 5.41) is 19.5. The molecule has 0 amide bonds. The molecule has 2 atom stereocenters. The molecule has 0 saturated heterocycles. The molecule has 1 aromatic rings. The van der Waals surface area contributed by atoms with Crippen LogP contribution in [0.2, 0.25) is 0 Å². The summed E-state index contributed by atoms with van der Waals surface area (Å²) in [6, 6.07) is 4.03. The predicted octanol–water partition coefficient (Wildman–Crippen LogP) is 2.19. The standard InChI is InChI=1S/C14H17FO4/c1-3-13(2)7-9-4-5-10(15)6-11(9)14(18,19-13)8-12(16)17/h4-6,18H,3,7-8H2,1-2H3,(H,16,17)/t13-,14?/m1/s1. The van der Waals surface area contributed by atoms with E-state index in [1.54, 1.807) is 6.07 Å². The van der Waals surface area contributed by atoms with Crippen molar-refractivity contribution >= 4 is 5.97 Å². The van der Waals surface area contributed by atoms with Crippen LogP contribution in [0.1, 0.15) is 37.8 Å². The third-order valence-corrected chi connectivity index (χ3v) is 3.61. The van der Waals surface area contributed by atoms with Gasteiger partial charge in [0.15, 0.2) is 0 Å². The smallest absolute Gasteiger partial charge is 0.309 e. The van der Waals surface area contributed by atoms with Gasteiger partial charge in [0.05, 0.1) is 5.60 Å². The number of carboxylic acids is 1. The largest absolute Gasteiger partial charge is 0.481 e. The van der Waals surface area contributed by atoms with Gasteiger partial charge in [-0.3, -0.25) is 4.79 Å². The molecule has 1 aliphatic rings. The van der Waals surface area contributed by atoms with Gasteiger partial charge in [0.1, 0.15) is 12.2 Å². The van der Waals surface area contributed by atoms with E-state index < -0.39 is 29.6 Å². The maximum atomic E-state index is 13.3. The molecule has 104 valence electrons. The van der Waals surface area contributed by atoms with Crippen LogP contribution < -0.4 is 0 Å². The molecule has 1 heterocycles. The van der Waals surface area contributed by atoms with Crippen LogP contribution in [0.5, 0.6) is 0 Å². The van der Waals surface area contributed by atoms with Crippen LogP contribution >= 0.6 is 0 Å². The van der Waals surface area contributed by atoms with Gasteiger partial charge < -0.3 is 14.9 Å². The number of halogens is 1. The van der Waals surface area contributed by atoms with E-state index in [0.717, 1.165) is 11.6 Å². The van der Waals surface area contributed by atoms with E-state index in [2.05, 4.69) is 0 Å². The molecule has 0 saturated carbocycles. The molecule has 4 nitrogen and oxygen atoms in total. The summed E-state index contributed by atoms with van der Waals surface area (Å²) in [4.78, 5) is 10.9. The van der Waals surface area contributed by atoms with Gasteiger partial charge in [0, 0.05) is 12.0 Å². The van der Waals surface area contributed by atoms with Crippen molar-refractivity contribution in [1.29, 1.82) is 0 Å². The Morgan fingerprint density at radius 3 is 2.79 bits per heavy atom. The van der Waals surface area contributed by atoms with Crippen molar-refractivity contribution in [2.24, 2.45) is 0 Å². The summed E-state index contributed by atoms with van der Waals surface area (Å²) in [7, 11) is 0. The van der Waals surface area contributed by atoms with Crippen LogP contribution in [-0.4, -0.2) is 21.8 Å². The number of rotatable bonds is 3. The number of hydrogen-bond acceptors (Lipinski definition) is 3. The summed E-state index contributed by atoms with van der Waals surface area (Å²) in [6.07, 6.45) is 0.520. The maximum Gasteiger partial charge on any atom is 0.309 e. The summed E-state index contributed by atoms with van der Waals surface area (Å²) in [5.74, 6) is -3.70. The average molecular weight is 268 g/mol. The Morgan fingerprint density at radius 1 is 1.53 bits per heavy atom. The van der Waals surface area contributed by atoms with E-state index >= 15 is 0 Å². The first-order valence-corrected chi connectivity index (χ1v) is 6.21. The third-order valence-electron chi connectivity index (χ3n) is 3.61. The summed E-state index contributed by atoms with van der Waals surface area (Å²) in [5.41, 5.74) is 0.274.